The van der Waals surface area contributed by atoms with Gasteiger partial charge in [-0.25, -0.2) is 4.79 Å². The van der Waals surface area contributed by atoms with Crippen LogP contribution in [0.15, 0.2) is 72.8 Å². The first-order valence-corrected chi connectivity index (χ1v) is 10.7. The number of carbonyl (C=O) groups excluding carboxylic acids is 2. The fraction of sp³-hybridized carbons (Fsp3) is 0.231. The maximum atomic E-state index is 13.4. The highest BCUT2D eigenvalue weighted by molar-refractivity contribution is 5.97. The Balaban J connectivity index is 1.44. The minimum atomic E-state index is -0.118. The van der Waals surface area contributed by atoms with Gasteiger partial charge in [0.2, 0.25) is 5.91 Å². The molecular formula is C26H25N3O2. The number of aryl methyl sites for hydroxylation is 1. The van der Waals surface area contributed by atoms with Crippen LogP contribution in [0, 0.1) is 0 Å². The molecule has 3 aromatic rings. The zero-order valence-corrected chi connectivity index (χ0v) is 17.5. The second-order valence-corrected chi connectivity index (χ2v) is 8.18. The molecule has 0 spiro atoms. The van der Waals surface area contributed by atoms with Crippen LogP contribution in [0.3, 0.4) is 0 Å². The summed E-state index contributed by atoms with van der Waals surface area (Å²) in [6, 6.07) is 24.1. The van der Waals surface area contributed by atoms with E-state index in [9.17, 15) is 9.59 Å². The molecule has 5 heteroatoms. The van der Waals surface area contributed by atoms with Crippen LogP contribution >= 0.6 is 0 Å². The average molecular weight is 412 g/mol. The van der Waals surface area contributed by atoms with Crippen molar-refractivity contribution in [2.45, 2.75) is 25.3 Å². The minimum absolute atomic E-state index is 0.108. The van der Waals surface area contributed by atoms with Crippen molar-refractivity contribution in [1.82, 2.24) is 4.90 Å². The lowest BCUT2D eigenvalue weighted by molar-refractivity contribution is -0.118. The normalized spacial score (nSPS) is 17.7. The number of fused-ring (bicyclic) bond motifs is 2. The van der Waals surface area contributed by atoms with E-state index in [1.165, 1.54) is 11.1 Å². The van der Waals surface area contributed by atoms with Gasteiger partial charge in [-0.2, -0.15) is 0 Å². The molecule has 156 valence electrons. The summed E-state index contributed by atoms with van der Waals surface area (Å²) >= 11 is 0. The van der Waals surface area contributed by atoms with E-state index in [2.05, 4.69) is 35.6 Å². The van der Waals surface area contributed by atoms with Crippen molar-refractivity contribution in [2.24, 2.45) is 0 Å². The van der Waals surface area contributed by atoms with E-state index >= 15 is 0 Å². The van der Waals surface area contributed by atoms with Gasteiger partial charge >= 0.3 is 6.03 Å². The summed E-state index contributed by atoms with van der Waals surface area (Å²) in [6.07, 6.45) is 2.04. The van der Waals surface area contributed by atoms with Crippen molar-refractivity contribution in [1.29, 1.82) is 0 Å². The first kappa shape index (κ1) is 19.4. The van der Waals surface area contributed by atoms with Crippen LogP contribution in [0.1, 0.15) is 34.7 Å². The number of carbonyl (C=O) groups is 2. The maximum Gasteiger partial charge on any atom is 0.322 e. The molecule has 0 saturated carbocycles. The largest absolute Gasteiger partial charge is 0.322 e. The lowest BCUT2D eigenvalue weighted by Crippen LogP contribution is -2.43. The lowest BCUT2D eigenvalue weighted by atomic mass is 9.88. The number of benzene rings is 3. The lowest BCUT2D eigenvalue weighted by Gasteiger charge is -2.37. The second-order valence-electron chi connectivity index (χ2n) is 8.18. The molecular weight excluding hydrogens is 386 g/mol. The quantitative estimate of drug-likeness (QED) is 0.660. The Morgan fingerprint density at radius 1 is 0.903 bits per heavy atom. The number of nitrogens with one attached hydrogen (secondary N) is 1. The van der Waals surface area contributed by atoms with E-state index in [0.717, 1.165) is 28.9 Å². The Kier molecular flexibility index (Phi) is 4.94. The summed E-state index contributed by atoms with van der Waals surface area (Å²) in [4.78, 5) is 29.0. The summed E-state index contributed by atoms with van der Waals surface area (Å²) < 4.78 is 0. The van der Waals surface area contributed by atoms with Gasteiger partial charge in [0.15, 0.2) is 0 Å². The minimum Gasteiger partial charge on any atom is -0.315 e. The Hall–Kier alpha value is -3.60. The SMILES string of the molecule is CN1C(=O)CCc2cc(NC(=O)N3CCc4ccccc4C3c3ccccc3)ccc21. The number of hydrogen-bond donors (Lipinski definition) is 1. The van der Waals surface area contributed by atoms with Gasteiger partial charge in [-0.1, -0.05) is 54.6 Å². The van der Waals surface area contributed by atoms with E-state index in [1.807, 2.05) is 47.4 Å². The molecule has 3 amide bonds. The van der Waals surface area contributed by atoms with Crippen LogP contribution in [0.5, 0.6) is 0 Å². The molecule has 0 saturated heterocycles. The summed E-state index contributed by atoms with van der Waals surface area (Å²) in [5.74, 6) is 0.127. The second kappa shape index (κ2) is 7.91. The molecule has 1 N–H and O–H groups in total. The molecule has 31 heavy (non-hydrogen) atoms. The van der Waals surface area contributed by atoms with Crippen LogP contribution in [-0.2, 0) is 17.6 Å². The van der Waals surface area contributed by atoms with Gasteiger partial charge in [-0.3, -0.25) is 4.79 Å². The van der Waals surface area contributed by atoms with Gasteiger partial charge in [0, 0.05) is 31.4 Å². The number of urea groups is 1. The molecule has 2 aliphatic heterocycles. The van der Waals surface area contributed by atoms with Crippen LogP contribution < -0.4 is 10.2 Å². The standard InChI is InChI=1S/C26H25N3O2/c1-28-23-13-12-21(17-20(23)11-14-24(28)30)27-26(31)29-16-15-18-7-5-6-10-22(18)25(29)19-8-3-2-4-9-19/h2-10,12-13,17,25H,11,14-16H2,1H3,(H,27,31). The predicted octanol–water partition coefficient (Wildman–Crippen LogP) is 4.78. The van der Waals surface area contributed by atoms with Crippen molar-refractivity contribution in [2.75, 3.05) is 23.8 Å². The molecule has 5 nitrogen and oxygen atoms in total. The van der Waals surface area contributed by atoms with E-state index in [0.29, 0.717) is 19.4 Å². The fourth-order valence-electron chi connectivity index (χ4n) is 4.71. The van der Waals surface area contributed by atoms with Crippen molar-refractivity contribution >= 4 is 23.3 Å². The highest BCUT2D eigenvalue weighted by Crippen LogP contribution is 2.36. The first-order chi connectivity index (χ1) is 15.1. The number of hydrogen-bond acceptors (Lipinski definition) is 2. The molecule has 0 aromatic heterocycles. The summed E-state index contributed by atoms with van der Waals surface area (Å²) in [5, 5.41) is 3.10. The third-order valence-electron chi connectivity index (χ3n) is 6.33. The van der Waals surface area contributed by atoms with Crippen molar-refractivity contribution in [3.8, 4) is 0 Å². The number of rotatable bonds is 2. The van der Waals surface area contributed by atoms with Gasteiger partial charge in [0.1, 0.15) is 0 Å². The molecule has 3 aromatic carbocycles. The van der Waals surface area contributed by atoms with Gasteiger partial charge in [0.25, 0.3) is 0 Å². The third kappa shape index (κ3) is 3.56. The Bertz CT molecular complexity index is 1140. The number of nitrogens with zero attached hydrogens (tertiary/aromatic N) is 2. The first-order valence-electron chi connectivity index (χ1n) is 10.7. The van der Waals surface area contributed by atoms with Crippen LogP contribution in [0.25, 0.3) is 0 Å². The highest BCUT2D eigenvalue weighted by atomic mass is 16.2. The van der Waals surface area contributed by atoms with E-state index in [-0.39, 0.29) is 18.0 Å². The number of anilines is 2. The maximum absolute atomic E-state index is 13.4. The van der Waals surface area contributed by atoms with Gasteiger partial charge < -0.3 is 15.1 Å². The summed E-state index contributed by atoms with van der Waals surface area (Å²) in [7, 11) is 1.80. The molecule has 1 atom stereocenters. The van der Waals surface area contributed by atoms with Crippen molar-refractivity contribution in [3.63, 3.8) is 0 Å². The van der Waals surface area contributed by atoms with Gasteiger partial charge in [0.05, 0.1) is 6.04 Å². The zero-order valence-electron chi connectivity index (χ0n) is 17.5. The summed E-state index contributed by atoms with van der Waals surface area (Å²) in [6.45, 7) is 0.657. The fourth-order valence-corrected chi connectivity index (χ4v) is 4.71. The smallest absolute Gasteiger partial charge is 0.315 e. The molecule has 0 radical (unpaired) electrons. The van der Waals surface area contributed by atoms with Crippen molar-refractivity contribution < 1.29 is 9.59 Å². The van der Waals surface area contributed by atoms with Crippen LogP contribution in [0.4, 0.5) is 16.2 Å². The van der Waals surface area contributed by atoms with Crippen LogP contribution in [0.2, 0.25) is 0 Å². The Labute approximate surface area is 182 Å². The summed E-state index contributed by atoms with van der Waals surface area (Å²) in [5.41, 5.74) is 6.35. The molecule has 5 rings (SSSR count). The topological polar surface area (TPSA) is 52.7 Å². The van der Waals surface area contributed by atoms with E-state index in [1.54, 1.807) is 11.9 Å². The molecule has 2 heterocycles. The molecule has 0 aliphatic carbocycles. The molecule has 2 aliphatic rings. The molecule has 0 fully saturated rings. The van der Waals surface area contributed by atoms with E-state index < -0.39 is 0 Å². The Morgan fingerprint density at radius 3 is 2.52 bits per heavy atom. The highest BCUT2D eigenvalue weighted by Gasteiger charge is 2.32. The molecule has 0 bridgehead atoms. The molecule has 1 unspecified atom stereocenters. The predicted molar refractivity (Wildman–Crippen MR) is 122 cm³/mol. The average Bonchev–Trinajstić information content (AvgIpc) is 2.81. The monoisotopic (exact) mass is 411 g/mol. The van der Waals surface area contributed by atoms with E-state index in [4.69, 9.17) is 0 Å². The van der Waals surface area contributed by atoms with Crippen LogP contribution in [-0.4, -0.2) is 30.4 Å². The Morgan fingerprint density at radius 2 is 1.68 bits per heavy atom. The zero-order chi connectivity index (χ0) is 21.4. The van der Waals surface area contributed by atoms with Crippen molar-refractivity contribution in [3.05, 3.63) is 95.1 Å². The third-order valence-corrected chi connectivity index (χ3v) is 6.33. The van der Waals surface area contributed by atoms with Gasteiger partial charge in [-0.05, 0) is 53.3 Å². The van der Waals surface area contributed by atoms with Gasteiger partial charge in [-0.15, -0.1) is 0 Å². The number of amides is 3.